The zero-order valence-corrected chi connectivity index (χ0v) is 15.9. The van der Waals surface area contributed by atoms with Gasteiger partial charge >= 0.3 is 0 Å². The molecule has 0 aliphatic rings. The van der Waals surface area contributed by atoms with Crippen molar-refractivity contribution in [2.75, 3.05) is 6.54 Å². The number of amides is 2. The molecule has 7 heteroatoms. The standard InChI is InChI=1S/C20H21ClF2N2O2/c1-3-24-20(27)13(2)25(12-14-7-4-5-9-17(14)22)19(26)11-15-16(21)8-6-10-18(15)23/h4-10,13H,3,11-12H2,1-2H3,(H,24,27). The van der Waals surface area contributed by atoms with Crippen LogP contribution >= 0.6 is 11.6 Å². The number of nitrogens with zero attached hydrogens (tertiary/aromatic N) is 1. The summed E-state index contributed by atoms with van der Waals surface area (Å²) in [4.78, 5) is 26.4. The Morgan fingerprint density at radius 1 is 1.11 bits per heavy atom. The van der Waals surface area contributed by atoms with Gasteiger partial charge in [-0.3, -0.25) is 9.59 Å². The van der Waals surface area contributed by atoms with E-state index in [2.05, 4.69) is 5.32 Å². The van der Waals surface area contributed by atoms with Gasteiger partial charge in [0.15, 0.2) is 0 Å². The molecule has 0 bridgehead atoms. The van der Waals surface area contributed by atoms with Crippen molar-refractivity contribution in [1.82, 2.24) is 10.2 Å². The van der Waals surface area contributed by atoms with Crippen LogP contribution in [0.15, 0.2) is 42.5 Å². The maximum absolute atomic E-state index is 14.1. The first-order valence-electron chi connectivity index (χ1n) is 8.58. The molecule has 0 saturated carbocycles. The molecule has 4 nitrogen and oxygen atoms in total. The molecule has 0 heterocycles. The van der Waals surface area contributed by atoms with Crippen LogP contribution in [0.2, 0.25) is 5.02 Å². The van der Waals surface area contributed by atoms with Crippen LogP contribution in [0.5, 0.6) is 0 Å². The molecule has 2 rings (SSSR count). The van der Waals surface area contributed by atoms with Crippen LogP contribution in [0.3, 0.4) is 0 Å². The Labute approximate surface area is 162 Å². The van der Waals surface area contributed by atoms with Crippen molar-refractivity contribution in [3.05, 3.63) is 70.2 Å². The summed E-state index contributed by atoms with van der Waals surface area (Å²) in [5.74, 6) is -1.99. The first kappa shape index (κ1) is 20.8. The quantitative estimate of drug-likeness (QED) is 0.778. The second kappa shape index (κ2) is 9.46. The number of rotatable bonds is 7. The van der Waals surface area contributed by atoms with Crippen LogP contribution in [0, 0.1) is 11.6 Å². The summed E-state index contributed by atoms with van der Waals surface area (Å²) in [5.41, 5.74) is 0.312. The fourth-order valence-electron chi connectivity index (χ4n) is 2.67. The first-order valence-corrected chi connectivity index (χ1v) is 8.96. The van der Waals surface area contributed by atoms with Gasteiger partial charge in [0.25, 0.3) is 0 Å². The molecule has 144 valence electrons. The Balaban J connectivity index is 2.31. The second-order valence-corrected chi connectivity index (χ2v) is 6.47. The van der Waals surface area contributed by atoms with Crippen molar-refractivity contribution in [2.45, 2.75) is 32.9 Å². The Morgan fingerprint density at radius 2 is 1.78 bits per heavy atom. The number of likely N-dealkylation sites (N-methyl/N-ethyl adjacent to an activating group) is 1. The highest BCUT2D eigenvalue weighted by Crippen LogP contribution is 2.21. The predicted octanol–water partition coefficient (Wildman–Crippen LogP) is 3.71. The molecule has 0 saturated heterocycles. The van der Waals surface area contributed by atoms with E-state index >= 15 is 0 Å². The SMILES string of the molecule is CCNC(=O)C(C)N(Cc1ccccc1F)C(=O)Cc1c(F)cccc1Cl. The zero-order chi connectivity index (χ0) is 20.0. The smallest absolute Gasteiger partial charge is 0.242 e. The molecule has 2 amide bonds. The monoisotopic (exact) mass is 394 g/mol. The summed E-state index contributed by atoms with van der Waals surface area (Å²) in [6.45, 7) is 3.58. The van der Waals surface area contributed by atoms with Gasteiger partial charge in [0.1, 0.15) is 17.7 Å². The van der Waals surface area contributed by atoms with Gasteiger partial charge in [-0.25, -0.2) is 8.78 Å². The highest BCUT2D eigenvalue weighted by molar-refractivity contribution is 6.31. The minimum Gasteiger partial charge on any atom is -0.355 e. The normalized spacial score (nSPS) is 11.7. The summed E-state index contributed by atoms with van der Waals surface area (Å²) in [6, 6.07) is 9.29. The number of benzene rings is 2. The minimum atomic E-state index is -0.859. The van der Waals surface area contributed by atoms with Gasteiger partial charge < -0.3 is 10.2 Å². The second-order valence-electron chi connectivity index (χ2n) is 6.06. The predicted molar refractivity (Wildman–Crippen MR) is 100 cm³/mol. The van der Waals surface area contributed by atoms with Gasteiger partial charge in [-0.05, 0) is 32.0 Å². The number of hydrogen-bond acceptors (Lipinski definition) is 2. The van der Waals surface area contributed by atoms with Crippen LogP contribution in [-0.2, 0) is 22.6 Å². The van der Waals surface area contributed by atoms with E-state index in [1.807, 2.05) is 0 Å². The van der Waals surface area contributed by atoms with E-state index in [-0.39, 0.29) is 35.0 Å². The summed E-state index contributed by atoms with van der Waals surface area (Å²) in [6.07, 6.45) is -0.330. The molecule has 27 heavy (non-hydrogen) atoms. The van der Waals surface area contributed by atoms with E-state index in [0.29, 0.717) is 6.54 Å². The highest BCUT2D eigenvalue weighted by atomic mass is 35.5. The zero-order valence-electron chi connectivity index (χ0n) is 15.1. The molecule has 0 fully saturated rings. The largest absolute Gasteiger partial charge is 0.355 e. The van der Waals surface area contributed by atoms with Crippen molar-refractivity contribution in [3.8, 4) is 0 Å². The van der Waals surface area contributed by atoms with Crippen LogP contribution in [-0.4, -0.2) is 29.3 Å². The van der Waals surface area contributed by atoms with Crippen LogP contribution in [0.25, 0.3) is 0 Å². The fraction of sp³-hybridized carbons (Fsp3) is 0.300. The van der Waals surface area contributed by atoms with Gasteiger partial charge in [-0.15, -0.1) is 0 Å². The van der Waals surface area contributed by atoms with Crippen LogP contribution < -0.4 is 5.32 Å². The van der Waals surface area contributed by atoms with Gasteiger partial charge in [0.05, 0.1) is 6.42 Å². The average molecular weight is 395 g/mol. The molecular formula is C20H21ClF2N2O2. The number of carbonyl (C=O) groups excluding carboxylic acids is 2. The van der Waals surface area contributed by atoms with E-state index in [4.69, 9.17) is 11.6 Å². The van der Waals surface area contributed by atoms with Gasteiger partial charge in [0, 0.05) is 29.2 Å². The Hall–Kier alpha value is -2.47. The van der Waals surface area contributed by atoms with E-state index in [9.17, 15) is 18.4 Å². The first-order chi connectivity index (χ1) is 12.8. The van der Waals surface area contributed by atoms with Gasteiger partial charge in [-0.1, -0.05) is 35.9 Å². The third kappa shape index (κ3) is 5.26. The van der Waals surface area contributed by atoms with Crippen molar-refractivity contribution in [3.63, 3.8) is 0 Å². The Kier molecular flexibility index (Phi) is 7.30. The Morgan fingerprint density at radius 3 is 2.41 bits per heavy atom. The average Bonchev–Trinajstić information content (AvgIpc) is 2.63. The molecule has 0 radical (unpaired) electrons. The minimum absolute atomic E-state index is 0.0470. The van der Waals surface area contributed by atoms with Gasteiger partial charge in [0.2, 0.25) is 11.8 Å². The van der Waals surface area contributed by atoms with Crippen LogP contribution in [0.4, 0.5) is 8.78 Å². The molecular weight excluding hydrogens is 374 g/mol. The van der Waals surface area contributed by atoms with Crippen molar-refractivity contribution < 1.29 is 18.4 Å². The summed E-state index contributed by atoms with van der Waals surface area (Å²) >= 11 is 6.01. The molecule has 0 spiro atoms. The number of nitrogens with one attached hydrogen (secondary N) is 1. The molecule has 2 aromatic carbocycles. The molecule has 2 aromatic rings. The fourth-order valence-corrected chi connectivity index (χ4v) is 2.90. The van der Waals surface area contributed by atoms with Crippen LogP contribution in [0.1, 0.15) is 25.0 Å². The van der Waals surface area contributed by atoms with Gasteiger partial charge in [-0.2, -0.15) is 0 Å². The molecule has 0 aliphatic heterocycles. The van der Waals surface area contributed by atoms with Crippen molar-refractivity contribution in [2.24, 2.45) is 0 Å². The summed E-state index contributed by atoms with van der Waals surface area (Å²) in [5, 5.41) is 2.77. The summed E-state index contributed by atoms with van der Waals surface area (Å²) < 4.78 is 28.1. The summed E-state index contributed by atoms with van der Waals surface area (Å²) in [7, 11) is 0. The van der Waals surface area contributed by atoms with E-state index in [0.717, 1.165) is 0 Å². The molecule has 1 N–H and O–H groups in total. The highest BCUT2D eigenvalue weighted by Gasteiger charge is 2.27. The maximum atomic E-state index is 14.1. The Bertz CT molecular complexity index is 809. The molecule has 1 atom stereocenters. The third-order valence-corrected chi connectivity index (χ3v) is 4.56. The lowest BCUT2D eigenvalue weighted by atomic mass is 10.1. The maximum Gasteiger partial charge on any atom is 0.242 e. The number of hydrogen-bond donors (Lipinski definition) is 1. The van der Waals surface area contributed by atoms with E-state index in [1.54, 1.807) is 19.9 Å². The van der Waals surface area contributed by atoms with E-state index in [1.165, 1.54) is 41.3 Å². The van der Waals surface area contributed by atoms with Crippen molar-refractivity contribution >= 4 is 23.4 Å². The molecule has 0 aliphatic carbocycles. The molecule has 1 unspecified atom stereocenters. The lowest BCUT2D eigenvalue weighted by Crippen LogP contribution is -2.48. The van der Waals surface area contributed by atoms with Crippen molar-refractivity contribution in [1.29, 1.82) is 0 Å². The number of halogens is 3. The van der Waals surface area contributed by atoms with E-state index < -0.39 is 23.6 Å². The number of carbonyl (C=O) groups is 2. The topological polar surface area (TPSA) is 49.4 Å². The lowest BCUT2D eigenvalue weighted by molar-refractivity contribution is -0.140. The lowest BCUT2D eigenvalue weighted by Gasteiger charge is -2.29. The third-order valence-electron chi connectivity index (χ3n) is 4.21. The molecule has 0 aromatic heterocycles.